The van der Waals surface area contributed by atoms with Gasteiger partial charge in [0.15, 0.2) is 0 Å². The van der Waals surface area contributed by atoms with Crippen LogP contribution in [0, 0.1) is 17.2 Å². The van der Waals surface area contributed by atoms with E-state index in [1.807, 2.05) is 0 Å². The Balaban J connectivity index is 2.32. The topological polar surface area (TPSA) is 61.2 Å². The third-order valence-corrected chi connectivity index (χ3v) is 5.90. The second-order valence-corrected chi connectivity index (χ2v) is 7.02. The van der Waals surface area contributed by atoms with Crippen molar-refractivity contribution in [2.24, 2.45) is 5.92 Å². The van der Waals surface area contributed by atoms with E-state index in [4.69, 9.17) is 5.26 Å². The number of sulfonamides is 1. The highest BCUT2D eigenvalue weighted by atomic mass is 79.9. The summed E-state index contributed by atoms with van der Waals surface area (Å²) >= 11 is 3.26. The van der Waals surface area contributed by atoms with Gasteiger partial charge in [-0.2, -0.15) is 9.57 Å². The lowest BCUT2D eigenvalue weighted by Gasteiger charge is -2.29. The smallest absolute Gasteiger partial charge is 0.207 e. The average molecular weight is 329 g/mol. The van der Waals surface area contributed by atoms with Crippen molar-refractivity contribution in [1.29, 1.82) is 5.26 Å². The van der Waals surface area contributed by atoms with Gasteiger partial charge in [-0.05, 0) is 40.9 Å². The van der Waals surface area contributed by atoms with Crippen LogP contribution in [0.3, 0.4) is 0 Å². The summed E-state index contributed by atoms with van der Waals surface area (Å²) in [5.74, 6) is -0.198. The number of hydrogen-bond donors (Lipinski definition) is 0. The van der Waals surface area contributed by atoms with Gasteiger partial charge in [-0.25, -0.2) is 8.42 Å². The minimum absolute atomic E-state index is 0.198. The van der Waals surface area contributed by atoms with Crippen LogP contribution in [0.1, 0.15) is 12.8 Å². The summed E-state index contributed by atoms with van der Waals surface area (Å²) in [6.07, 6.45) is 1.51. The number of nitriles is 1. The Morgan fingerprint density at radius 1 is 1.39 bits per heavy atom. The highest BCUT2D eigenvalue weighted by molar-refractivity contribution is 9.10. The van der Waals surface area contributed by atoms with Crippen LogP contribution in [-0.2, 0) is 10.0 Å². The highest BCUT2D eigenvalue weighted by Gasteiger charge is 2.31. The van der Waals surface area contributed by atoms with Gasteiger partial charge in [-0.3, -0.25) is 0 Å². The van der Waals surface area contributed by atoms with E-state index in [1.54, 1.807) is 24.3 Å². The van der Waals surface area contributed by atoms with Crippen LogP contribution in [-0.4, -0.2) is 25.8 Å². The summed E-state index contributed by atoms with van der Waals surface area (Å²) < 4.78 is 26.9. The molecule has 1 saturated heterocycles. The van der Waals surface area contributed by atoms with Crippen LogP contribution in [0.5, 0.6) is 0 Å². The SMILES string of the molecule is N#C[C@H]1CCCN(S(=O)(=O)c2ccccc2Br)C1. The van der Waals surface area contributed by atoms with Crippen LogP contribution >= 0.6 is 15.9 Å². The largest absolute Gasteiger partial charge is 0.244 e. The van der Waals surface area contributed by atoms with E-state index < -0.39 is 10.0 Å². The Morgan fingerprint density at radius 2 is 2.11 bits per heavy atom. The van der Waals surface area contributed by atoms with E-state index in [0.29, 0.717) is 17.6 Å². The molecule has 0 aliphatic carbocycles. The molecular weight excluding hydrogens is 316 g/mol. The summed E-state index contributed by atoms with van der Waals surface area (Å²) in [6.45, 7) is 0.780. The van der Waals surface area contributed by atoms with Crippen LogP contribution in [0.4, 0.5) is 0 Å². The van der Waals surface area contributed by atoms with Crippen LogP contribution < -0.4 is 0 Å². The summed E-state index contributed by atoms with van der Waals surface area (Å²) in [5.41, 5.74) is 0. The number of nitrogens with zero attached hydrogens (tertiary/aromatic N) is 2. The molecule has 0 unspecified atom stereocenters. The molecule has 1 aliphatic heterocycles. The van der Waals surface area contributed by atoms with E-state index in [-0.39, 0.29) is 10.8 Å². The lowest BCUT2D eigenvalue weighted by Crippen LogP contribution is -2.39. The van der Waals surface area contributed by atoms with Crippen molar-refractivity contribution >= 4 is 26.0 Å². The fourth-order valence-electron chi connectivity index (χ4n) is 2.06. The van der Waals surface area contributed by atoms with E-state index in [9.17, 15) is 8.42 Å². The monoisotopic (exact) mass is 328 g/mol. The summed E-state index contributed by atoms with van der Waals surface area (Å²) in [6, 6.07) is 8.91. The Morgan fingerprint density at radius 3 is 2.78 bits per heavy atom. The molecule has 0 N–H and O–H groups in total. The van der Waals surface area contributed by atoms with Crippen molar-refractivity contribution in [1.82, 2.24) is 4.31 Å². The molecule has 0 radical (unpaired) electrons. The van der Waals surface area contributed by atoms with Crippen molar-refractivity contribution in [2.45, 2.75) is 17.7 Å². The minimum atomic E-state index is -3.50. The molecule has 0 amide bonds. The number of piperidine rings is 1. The van der Waals surface area contributed by atoms with Gasteiger partial charge in [-0.1, -0.05) is 12.1 Å². The predicted octanol–water partition coefficient (Wildman–Crippen LogP) is 2.37. The third-order valence-electron chi connectivity index (χ3n) is 3.02. The highest BCUT2D eigenvalue weighted by Crippen LogP contribution is 2.27. The quantitative estimate of drug-likeness (QED) is 0.837. The van der Waals surface area contributed by atoms with E-state index in [1.165, 1.54) is 4.31 Å². The molecule has 4 nitrogen and oxygen atoms in total. The van der Waals surface area contributed by atoms with Gasteiger partial charge in [0, 0.05) is 17.6 Å². The number of benzene rings is 1. The van der Waals surface area contributed by atoms with Crippen molar-refractivity contribution in [2.75, 3.05) is 13.1 Å². The molecular formula is C12H13BrN2O2S. The standard InChI is InChI=1S/C12H13BrN2O2S/c13-11-5-1-2-6-12(11)18(16,17)15-7-3-4-10(8-14)9-15/h1-2,5-6,10H,3-4,7,9H2/t10-/m1/s1. The van der Waals surface area contributed by atoms with Crippen molar-refractivity contribution in [3.05, 3.63) is 28.7 Å². The molecule has 1 aromatic rings. The van der Waals surface area contributed by atoms with Gasteiger partial charge in [0.05, 0.1) is 16.9 Å². The summed E-state index contributed by atoms with van der Waals surface area (Å²) in [4.78, 5) is 0.267. The van der Waals surface area contributed by atoms with E-state index in [0.717, 1.165) is 12.8 Å². The van der Waals surface area contributed by atoms with Gasteiger partial charge in [0.25, 0.3) is 0 Å². The first-order valence-corrected chi connectivity index (χ1v) is 7.93. The van der Waals surface area contributed by atoms with Crippen LogP contribution in [0.15, 0.2) is 33.6 Å². The molecule has 96 valence electrons. The second kappa shape index (κ2) is 5.39. The van der Waals surface area contributed by atoms with Crippen molar-refractivity contribution < 1.29 is 8.42 Å². The first-order chi connectivity index (χ1) is 8.55. The van der Waals surface area contributed by atoms with E-state index >= 15 is 0 Å². The molecule has 18 heavy (non-hydrogen) atoms. The average Bonchev–Trinajstić information content (AvgIpc) is 2.39. The fraction of sp³-hybridized carbons (Fsp3) is 0.417. The fourth-order valence-corrected chi connectivity index (χ4v) is 4.55. The van der Waals surface area contributed by atoms with Gasteiger partial charge >= 0.3 is 0 Å². The Labute approximate surface area is 115 Å². The number of halogens is 1. The minimum Gasteiger partial charge on any atom is -0.207 e. The maximum absolute atomic E-state index is 12.5. The molecule has 2 rings (SSSR count). The molecule has 1 heterocycles. The normalized spacial score (nSPS) is 21.4. The maximum Gasteiger partial charge on any atom is 0.244 e. The predicted molar refractivity (Wildman–Crippen MR) is 71.2 cm³/mol. The second-order valence-electron chi connectivity index (χ2n) is 4.26. The maximum atomic E-state index is 12.5. The number of hydrogen-bond acceptors (Lipinski definition) is 3. The van der Waals surface area contributed by atoms with Crippen molar-refractivity contribution in [3.8, 4) is 6.07 Å². The van der Waals surface area contributed by atoms with Gasteiger partial charge < -0.3 is 0 Å². The first kappa shape index (κ1) is 13.5. The summed E-state index contributed by atoms with van der Waals surface area (Å²) in [7, 11) is -3.50. The zero-order valence-corrected chi connectivity index (χ0v) is 12.1. The molecule has 0 aromatic heterocycles. The zero-order chi connectivity index (χ0) is 13.2. The van der Waals surface area contributed by atoms with Gasteiger partial charge in [-0.15, -0.1) is 0 Å². The molecule has 1 aliphatic rings. The Hall–Kier alpha value is -0.900. The van der Waals surface area contributed by atoms with Crippen LogP contribution in [0.2, 0.25) is 0 Å². The molecule has 0 spiro atoms. The molecule has 0 saturated carbocycles. The molecule has 1 aromatic carbocycles. The Kier molecular flexibility index (Phi) is 4.05. The molecule has 6 heteroatoms. The van der Waals surface area contributed by atoms with E-state index in [2.05, 4.69) is 22.0 Å². The summed E-state index contributed by atoms with van der Waals surface area (Å²) in [5, 5.41) is 8.92. The lowest BCUT2D eigenvalue weighted by atomic mass is 10.0. The molecule has 0 bridgehead atoms. The molecule has 1 atom stereocenters. The van der Waals surface area contributed by atoms with Gasteiger partial charge in [0.2, 0.25) is 10.0 Å². The Bertz CT molecular complexity index is 580. The molecule has 1 fully saturated rings. The third kappa shape index (κ3) is 2.58. The zero-order valence-electron chi connectivity index (χ0n) is 9.71. The van der Waals surface area contributed by atoms with Gasteiger partial charge in [0.1, 0.15) is 0 Å². The lowest BCUT2D eigenvalue weighted by molar-refractivity contribution is 0.305. The number of rotatable bonds is 2. The first-order valence-electron chi connectivity index (χ1n) is 5.70. The van der Waals surface area contributed by atoms with Crippen LogP contribution in [0.25, 0.3) is 0 Å². The van der Waals surface area contributed by atoms with Crippen molar-refractivity contribution in [3.63, 3.8) is 0 Å².